The summed E-state index contributed by atoms with van der Waals surface area (Å²) in [6, 6.07) is 9.64. The molecule has 1 aliphatic heterocycles. The summed E-state index contributed by atoms with van der Waals surface area (Å²) in [6.07, 6.45) is 3.75. The Labute approximate surface area is 124 Å². The fraction of sp³-hybridized carbons (Fsp3) is 0.667. The number of piperidine rings is 1. The molecule has 0 unspecified atom stereocenters. The lowest BCUT2D eigenvalue weighted by atomic mass is 9.85. The molecule has 112 valence electrons. The summed E-state index contributed by atoms with van der Waals surface area (Å²) in [5.41, 5.74) is 3.13. The standard InChI is InChI=1S/C18H30N2/c1-5-12-19-15-10-13-20(14-11-15)17-9-7-6-8-16(17)18(2,3)4/h6-9,15,19H,5,10-14H2,1-4H3. The molecule has 1 N–H and O–H groups in total. The predicted octanol–water partition coefficient (Wildman–Crippen LogP) is 3.95. The third-order valence-electron chi connectivity index (χ3n) is 4.23. The molecule has 1 aromatic carbocycles. The van der Waals surface area contributed by atoms with Crippen molar-refractivity contribution in [3.8, 4) is 0 Å². The lowest BCUT2D eigenvalue weighted by Crippen LogP contribution is -2.43. The summed E-state index contributed by atoms with van der Waals surface area (Å²) in [5, 5.41) is 3.66. The SMILES string of the molecule is CCCNC1CCN(c2ccccc2C(C)(C)C)CC1. The molecule has 1 heterocycles. The summed E-state index contributed by atoms with van der Waals surface area (Å²) in [4.78, 5) is 2.57. The van der Waals surface area contributed by atoms with Crippen LogP contribution in [0, 0.1) is 0 Å². The molecule has 0 bridgehead atoms. The molecular formula is C18H30N2. The van der Waals surface area contributed by atoms with Crippen molar-refractivity contribution in [3.63, 3.8) is 0 Å². The second kappa shape index (κ2) is 6.62. The Morgan fingerprint density at radius 3 is 2.40 bits per heavy atom. The van der Waals surface area contributed by atoms with Gasteiger partial charge in [-0.3, -0.25) is 0 Å². The van der Waals surface area contributed by atoms with E-state index in [1.165, 1.54) is 43.6 Å². The number of benzene rings is 1. The van der Waals surface area contributed by atoms with Crippen LogP contribution in [0.25, 0.3) is 0 Å². The van der Waals surface area contributed by atoms with Crippen molar-refractivity contribution in [2.75, 3.05) is 24.5 Å². The van der Waals surface area contributed by atoms with E-state index in [0.717, 1.165) is 6.54 Å². The maximum absolute atomic E-state index is 3.66. The molecule has 0 spiro atoms. The van der Waals surface area contributed by atoms with Crippen LogP contribution in [0.1, 0.15) is 52.5 Å². The fourth-order valence-corrected chi connectivity index (χ4v) is 3.06. The van der Waals surface area contributed by atoms with Gasteiger partial charge in [0.05, 0.1) is 0 Å². The van der Waals surface area contributed by atoms with Gasteiger partial charge in [-0.15, -0.1) is 0 Å². The van der Waals surface area contributed by atoms with E-state index in [-0.39, 0.29) is 5.41 Å². The maximum Gasteiger partial charge on any atom is 0.0404 e. The average molecular weight is 274 g/mol. The van der Waals surface area contributed by atoms with E-state index in [1.54, 1.807) is 0 Å². The largest absolute Gasteiger partial charge is 0.371 e. The van der Waals surface area contributed by atoms with Crippen LogP contribution in [0.4, 0.5) is 5.69 Å². The Hall–Kier alpha value is -1.02. The molecule has 0 aliphatic carbocycles. The van der Waals surface area contributed by atoms with Gasteiger partial charge < -0.3 is 10.2 Å². The van der Waals surface area contributed by atoms with Gasteiger partial charge in [0.25, 0.3) is 0 Å². The summed E-state index contributed by atoms with van der Waals surface area (Å²) in [6.45, 7) is 12.7. The van der Waals surface area contributed by atoms with Crippen LogP contribution in [0.3, 0.4) is 0 Å². The molecule has 0 aromatic heterocycles. The Morgan fingerprint density at radius 1 is 1.15 bits per heavy atom. The summed E-state index contributed by atoms with van der Waals surface area (Å²) >= 11 is 0. The molecule has 2 heteroatoms. The molecule has 1 aliphatic rings. The first kappa shape index (κ1) is 15.4. The first-order valence-electron chi connectivity index (χ1n) is 8.10. The zero-order chi connectivity index (χ0) is 14.6. The topological polar surface area (TPSA) is 15.3 Å². The van der Waals surface area contributed by atoms with Gasteiger partial charge in [0.2, 0.25) is 0 Å². The number of hydrogen-bond acceptors (Lipinski definition) is 2. The van der Waals surface area contributed by atoms with Crippen LogP contribution in [0.5, 0.6) is 0 Å². The van der Waals surface area contributed by atoms with E-state index in [9.17, 15) is 0 Å². The third kappa shape index (κ3) is 3.76. The zero-order valence-corrected chi connectivity index (χ0v) is 13.6. The average Bonchev–Trinajstić information content (AvgIpc) is 2.45. The van der Waals surface area contributed by atoms with E-state index in [1.807, 2.05) is 0 Å². The van der Waals surface area contributed by atoms with Gasteiger partial charge in [-0.2, -0.15) is 0 Å². The number of nitrogens with zero attached hydrogens (tertiary/aromatic N) is 1. The highest BCUT2D eigenvalue weighted by Crippen LogP contribution is 2.33. The minimum Gasteiger partial charge on any atom is -0.371 e. The Kier molecular flexibility index (Phi) is 5.09. The molecule has 1 aromatic rings. The molecule has 0 radical (unpaired) electrons. The van der Waals surface area contributed by atoms with Crippen molar-refractivity contribution < 1.29 is 0 Å². The number of rotatable bonds is 4. The van der Waals surface area contributed by atoms with Crippen LogP contribution < -0.4 is 10.2 Å². The highest BCUT2D eigenvalue weighted by Gasteiger charge is 2.24. The second-order valence-electron chi connectivity index (χ2n) is 6.98. The summed E-state index contributed by atoms with van der Waals surface area (Å²) in [5.74, 6) is 0. The molecule has 1 fully saturated rings. The molecule has 2 nitrogen and oxygen atoms in total. The zero-order valence-electron chi connectivity index (χ0n) is 13.6. The molecular weight excluding hydrogens is 244 g/mol. The highest BCUT2D eigenvalue weighted by molar-refractivity contribution is 5.56. The fourth-order valence-electron chi connectivity index (χ4n) is 3.06. The first-order chi connectivity index (χ1) is 9.52. The normalized spacial score (nSPS) is 17.5. The van der Waals surface area contributed by atoms with Gasteiger partial charge >= 0.3 is 0 Å². The molecule has 2 rings (SSSR count). The maximum atomic E-state index is 3.66. The smallest absolute Gasteiger partial charge is 0.0404 e. The van der Waals surface area contributed by atoms with E-state index in [0.29, 0.717) is 6.04 Å². The molecule has 0 atom stereocenters. The Balaban J connectivity index is 2.04. The monoisotopic (exact) mass is 274 g/mol. The van der Waals surface area contributed by atoms with Crippen molar-refractivity contribution in [3.05, 3.63) is 29.8 Å². The van der Waals surface area contributed by atoms with Gasteiger partial charge in [-0.1, -0.05) is 45.9 Å². The minimum atomic E-state index is 0.216. The van der Waals surface area contributed by atoms with E-state index < -0.39 is 0 Å². The molecule has 0 amide bonds. The minimum absolute atomic E-state index is 0.216. The molecule has 1 saturated heterocycles. The second-order valence-corrected chi connectivity index (χ2v) is 6.98. The molecule has 0 saturated carbocycles. The predicted molar refractivity (Wildman–Crippen MR) is 88.7 cm³/mol. The Morgan fingerprint density at radius 2 is 1.80 bits per heavy atom. The lowest BCUT2D eigenvalue weighted by molar-refractivity contribution is 0.414. The summed E-state index contributed by atoms with van der Waals surface area (Å²) < 4.78 is 0. The van der Waals surface area contributed by atoms with Gasteiger partial charge in [0.15, 0.2) is 0 Å². The van der Waals surface area contributed by atoms with Crippen molar-refractivity contribution in [1.29, 1.82) is 0 Å². The lowest BCUT2D eigenvalue weighted by Gasteiger charge is -2.37. The van der Waals surface area contributed by atoms with E-state index in [4.69, 9.17) is 0 Å². The number of para-hydroxylation sites is 1. The highest BCUT2D eigenvalue weighted by atomic mass is 15.1. The number of hydrogen-bond donors (Lipinski definition) is 1. The van der Waals surface area contributed by atoms with E-state index in [2.05, 4.69) is 62.2 Å². The van der Waals surface area contributed by atoms with Gasteiger partial charge in [0.1, 0.15) is 0 Å². The Bertz CT molecular complexity index is 412. The van der Waals surface area contributed by atoms with Crippen LogP contribution >= 0.6 is 0 Å². The summed E-state index contributed by atoms with van der Waals surface area (Å²) in [7, 11) is 0. The van der Waals surface area contributed by atoms with Crippen LogP contribution in [-0.2, 0) is 5.41 Å². The van der Waals surface area contributed by atoms with Crippen LogP contribution in [0.15, 0.2) is 24.3 Å². The third-order valence-corrected chi connectivity index (χ3v) is 4.23. The first-order valence-corrected chi connectivity index (χ1v) is 8.10. The van der Waals surface area contributed by atoms with Crippen molar-refractivity contribution >= 4 is 5.69 Å². The van der Waals surface area contributed by atoms with Crippen molar-refractivity contribution in [2.24, 2.45) is 0 Å². The van der Waals surface area contributed by atoms with Crippen molar-refractivity contribution in [1.82, 2.24) is 5.32 Å². The van der Waals surface area contributed by atoms with Crippen LogP contribution in [0.2, 0.25) is 0 Å². The van der Waals surface area contributed by atoms with Gasteiger partial charge in [0, 0.05) is 24.8 Å². The van der Waals surface area contributed by atoms with Gasteiger partial charge in [-0.05, 0) is 42.9 Å². The molecule has 20 heavy (non-hydrogen) atoms. The number of nitrogens with one attached hydrogen (secondary N) is 1. The number of anilines is 1. The quantitative estimate of drug-likeness (QED) is 0.894. The van der Waals surface area contributed by atoms with Gasteiger partial charge in [-0.25, -0.2) is 0 Å². The van der Waals surface area contributed by atoms with Crippen LogP contribution in [-0.4, -0.2) is 25.7 Å². The van der Waals surface area contributed by atoms with E-state index >= 15 is 0 Å². The van der Waals surface area contributed by atoms with Crippen molar-refractivity contribution in [2.45, 2.75) is 58.4 Å².